The SMILES string of the molecule is CCNC(=NCC(C)(C)SC)NCC(C(C)C)N1CCCC1.I. The Morgan fingerprint density at radius 2 is 1.83 bits per heavy atom. The van der Waals surface area contributed by atoms with Crippen molar-refractivity contribution in [1.29, 1.82) is 0 Å². The molecule has 0 spiro atoms. The molecule has 23 heavy (non-hydrogen) atoms. The minimum atomic E-state index is 0. The average molecular weight is 456 g/mol. The monoisotopic (exact) mass is 456 g/mol. The summed E-state index contributed by atoms with van der Waals surface area (Å²) in [5.41, 5.74) is 0. The summed E-state index contributed by atoms with van der Waals surface area (Å²) in [6, 6.07) is 0.597. The molecule has 1 rings (SSSR count). The lowest BCUT2D eigenvalue weighted by molar-refractivity contribution is 0.192. The second-order valence-corrected chi connectivity index (χ2v) is 8.61. The summed E-state index contributed by atoms with van der Waals surface area (Å²) in [6.45, 7) is 16.5. The highest BCUT2D eigenvalue weighted by Gasteiger charge is 2.24. The van der Waals surface area contributed by atoms with Crippen molar-refractivity contribution in [3.63, 3.8) is 0 Å². The molecule has 0 amide bonds. The zero-order valence-electron chi connectivity index (χ0n) is 15.8. The van der Waals surface area contributed by atoms with Gasteiger partial charge in [0.05, 0.1) is 6.54 Å². The van der Waals surface area contributed by atoms with Gasteiger partial charge in [-0.3, -0.25) is 9.89 Å². The predicted octanol–water partition coefficient (Wildman–Crippen LogP) is 3.42. The van der Waals surface area contributed by atoms with Gasteiger partial charge < -0.3 is 10.6 Å². The van der Waals surface area contributed by atoms with Gasteiger partial charge in [-0.1, -0.05) is 13.8 Å². The van der Waals surface area contributed by atoms with E-state index in [0.717, 1.165) is 25.6 Å². The fourth-order valence-electron chi connectivity index (χ4n) is 2.74. The minimum absolute atomic E-state index is 0. The third-order valence-corrected chi connectivity index (χ3v) is 5.61. The fourth-order valence-corrected chi connectivity index (χ4v) is 2.93. The van der Waals surface area contributed by atoms with Crippen LogP contribution in [0.15, 0.2) is 4.99 Å². The summed E-state index contributed by atoms with van der Waals surface area (Å²) in [5.74, 6) is 1.62. The van der Waals surface area contributed by atoms with Crippen LogP contribution in [0.4, 0.5) is 0 Å². The lowest BCUT2D eigenvalue weighted by atomic mass is 10.0. The topological polar surface area (TPSA) is 39.7 Å². The first-order valence-corrected chi connectivity index (χ1v) is 9.93. The normalized spacial score (nSPS) is 18.0. The van der Waals surface area contributed by atoms with Crippen LogP contribution in [-0.2, 0) is 0 Å². The third-order valence-electron chi connectivity index (χ3n) is 4.37. The Hall–Kier alpha value is 0.310. The summed E-state index contributed by atoms with van der Waals surface area (Å²) in [6.07, 6.45) is 4.84. The van der Waals surface area contributed by atoms with Crippen molar-refractivity contribution in [1.82, 2.24) is 15.5 Å². The second kappa shape index (κ2) is 11.8. The smallest absolute Gasteiger partial charge is 0.191 e. The van der Waals surface area contributed by atoms with Crippen molar-refractivity contribution in [2.24, 2.45) is 10.9 Å². The van der Waals surface area contributed by atoms with Gasteiger partial charge in [0.25, 0.3) is 0 Å². The van der Waals surface area contributed by atoms with E-state index < -0.39 is 0 Å². The van der Waals surface area contributed by atoms with Crippen molar-refractivity contribution in [3.05, 3.63) is 0 Å². The van der Waals surface area contributed by atoms with E-state index in [0.29, 0.717) is 12.0 Å². The number of nitrogens with zero attached hydrogens (tertiary/aromatic N) is 2. The summed E-state index contributed by atoms with van der Waals surface area (Å²) >= 11 is 1.87. The van der Waals surface area contributed by atoms with Crippen LogP contribution in [0.25, 0.3) is 0 Å². The van der Waals surface area contributed by atoms with Gasteiger partial charge >= 0.3 is 0 Å². The summed E-state index contributed by atoms with van der Waals surface area (Å²) in [4.78, 5) is 7.40. The number of rotatable bonds is 8. The summed E-state index contributed by atoms with van der Waals surface area (Å²) < 4.78 is 0.189. The van der Waals surface area contributed by atoms with Gasteiger partial charge in [0, 0.05) is 23.9 Å². The van der Waals surface area contributed by atoms with Crippen LogP contribution in [0.2, 0.25) is 0 Å². The highest BCUT2D eigenvalue weighted by Crippen LogP contribution is 2.21. The van der Waals surface area contributed by atoms with Crippen molar-refractivity contribution in [2.75, 3.05) is 39.0 Å². The number of hydrogen-bond acceptors (Lipinski definition) is 3. The molecule has 4 nitrogen and oxygen atoms in total. The van der Waals surface area contributed by atoms with Gasteiger partial charge in [0.1, 0.15) is 0 Å². The van der Waals surface area contributed by atoms with E-state index in [1.54, 1.807) is 0 Å². The number of aliphatic imine (C=N–C) groups is 1. The molecule has 2 N–H and O–H groups in total. The Morgan fingerprint density at radius 1 is 1.22 bits per heavy atom. The van der Waals surface area contributed by atoms with Crippen molar-refractivity contribution in [3.8, 4) is 0 Å². The maximum atomic E-state index is 4.77. The quantitative estimate of drug-likeness (QED) is 0.334. The van der Waals surface area contributed by atoms with E-state index in [-0.39, 0.29) is 28.7 Å². The van der Waals surface area contributed by atoms with Crippen LogP contribution in [0.5, 0.6) is 0 Å². The van der Waals surface area contributed by atoms with Gasteiger partial charge in [0.15, 0.2) is 5.96 Å². The standard InChI is InChI=1S/C17H36N4S.HI/c1-7-18-16(20-13-17(4,5)22-6)19-12-15(14(2)3)21-10-8-9-11-21;/h14-15H,7-13H2,1-6H3,(H2,18,19,20);1H. The molecule has 0 aromatic rings. The number of hydrogen-bond donors (Lipinski definition) is 2. The van der Waals surface area contributed by atoms with Gasteiger partial charge in [-0.05, 0) is 58.9 Å². The van der Waals surface area contributed by atoms with Gasteiger partial charge in [0.2, 0.25) is 0 Å². The van der Waals surface area contributed by atoms with E-state index in [4.69, 9.17) is 4.99 Å². The molecule has 1 aliphatic heterocycles. The Bertz CT molecular complexity index is 341. The highest BCUT2D eigenvalue weighted by molar-refractivity contribution is 14.0. The molecule has 6 heteroatoms. The number of nitrogens with one attached hydrogen (secondary N) is 2. The molecule has 1 fully saturated rings. The van der Waals surface area contributed by atoms with E-state index in [1.807, 2.05) is 11.8 Å². The Balaban J connectivity index is 0.00000484. The highest BCUT2D eigenvalue weighted by atomic mass is 127. The maximum absolute atomic E-state index is 4.77. The van der Waals surface area contributed by atoms with Gasteiger partial charge in [-0.25, -0.2) is 0 Å². The second-order valence-electron chi connectivity index (χ2n) is 7.09. The lowest BCUT2D eigenvalue weighted by Crippen LogP contribution is -2.48. The van der Waals surface area contributed by atoms with Crippen LogP contribution in [0, 0.1) is 5.92 Å². The van der Waals surface area contributed by atoms with Crippen molar-refractivity contribution >= 4 is 41.7 Å². The molecule has 0 aromatic carbocycles. The molecule has 1 atom stereocenters. The van der Waals surface area contributed by atoms with Crippen LogP contribution in [-0.4, -0.2) is 60.6 Å². The van der Waals surface area contributed by atoms with E-state index in [1.165, 1.54) is 25.9 Å². The molecule has 0 aromatic heterocycles. The first-order valence-electron chi connectivity index (χ1n) is 8.71. The molecule has 1 heterocycles. The fraction of sp³-hybridized carbons (Fsp3) is 0.941. The van der Waals surface area contributed by atoms with Crippen LogP contribution < -0.4 is 10.6 Å². The zero-order valence-corrected chi connectivity index (χ0v) is 19.0. The Morgan fingerprint density at radius 3 is 2.30 bits per heavy atom. The van der Waals surface area contributed by atoms with Crippen LogP contribution in [0.1, 0.15) is 47.5 Å². The number of likely N-dealkylation sites (tertiary alicyclic amines) is 1. The minimum Gasteiger partial charge on any atom is -0.357 e. The Labute approximate surface area is 165 Å². The van der Waals surface area contributed by atoms with Gasteiger partial charge in [-0.15, -0.1) is 24.0 Å². The van der Waals surface area contributed by atoms with E-state index in [2.05, 4.69) is 56.4 Å². The first kappa shape index (κ1) is 23.3. The Kier molecular flexibility index (Phi) is 12.0. The van der Waals surface area contributed by atoms with E-state index >= 15 is 0 Å². The number of guanidine groups is 1. The molecule has 138 valence electrons. The zero-order chi connectivity index (χ0) is 16.6. The van der Waals surface area contributed by atoms with Crippen molar-refractivity contribution in [2.45, 2.75) is 58.2 Å². The maximum Gasteiger partial charge on any atom is 0.191 e. The largest absolute Gasteiger partial charge is 0.357 e. The summed E-state index contributed by atoms with van der Waals surface area (Å²) in [7, 11) is 0. The predicted molar refractivity (Wildman–Crippen MR) is 116 cm³/mol. The molecule has 0 aliphatic carbocycles. The molecular formula is C17H37IN4S. The first-order chi connectivity index (χ1) is 10.4. The molecule has 0 bridgehead atoms. The molecule has 1 aliphatic rings. The number of thioether (sulfide) groups is 1. The molecule has 1 unspecified atom stereocenters. The van der Waals surface area contributed by atoms with E-state index in [9.17, 15) is 0 Å². The van der Waals surface area contributed by atoms with Gasteiger partial charge in [-0.2, -0.15) is 11.8 Å². The van der Waals surface area contributed by atoms with Crippen LogP contribution >= 0.6 is 35.7 Å². The van der Waals surface area contributed by atoms with Crippen LogP contribution in [0.3, 0.4) is 0 Å². The molecular weight excluding hydrogens is 419 g/mol. The number of halogens is 1. The summed E-state index contributed by atoms with van der Waals surface area (Å²) in [5, 5.41) is 6.94. The average Bonchev–Trinajstić information content (AvgIpc) is 2.98. The third kappa shape index (κ3) is 8.82. The molecule has 0 saturated carbocycles. The van der Waals surface area contributed by atoms with Crippen molar-refractivity contribution < 1.29 is 0 Å². The molecule has 1 saturated heterocycles. The molecule has 0 radical (unpaired) electrons. The lowest BCUT2D eigenvalue weighted by Gasteiger charge is -2.31.